The maximum atomic E-state index is 13.7. The number of carboxylic acids is 1. The Morgan fingerprint density at radius 3 is 2.27 bits per heavy atom. The Balaban J connectivity index is 0.000000335. The number of benzene rings is 2. The smallest absolute Gasteiger partial charge is 0.417 e. The van der Waals surface area contributed by atoms with Crippen molar-refractivity contribution in [3.8, 4) is 6.07 Å². The normalized spacial score (nSPS) is 10.7. The molecule has 2 N–H and O–H groups in total. The van der Waals surface area contributed by atoms with Gasteiger partial charge in [-0.15, -0.1) is 0 Å². The third-order valence-electron chi connectivity index (χ3n) is 4.33. The molecule has 0 saturated carbocycles. The van der Waals surface area contributed by atoms with E-state index < -0.39 is 40.4 Å². The van der Waals surface area contributed by atoms with Crippen LogP contribution < -0.4 is 5.32 Å². The highest BCUT2D eigenvalue weighted by molar-refractivity contribution is 7.78. The molecule has 0 saturated heterocycles. The Bertz CT molecular complexity index is 1130. The first-order valence-electron chi connectivity index (χ1n) is 9.20. The number of aliphatic carboxylic acids is 1. The number of nitriles is 1. The van der Waals surface area contributed by atoms with Crippen LogP contribution >= 0.6 is 12.2 Å². The summed E-state index contributed by atoms with van der Waals surface area (Å²) < 4.78 is 50.9. The molecule has 2 aromatic carbocycles. The third kappa shape index (κ3) is 7.79. The van der Waals surface area contributed by atoms with Gasteiger partial charge in [0.15, 0.2) is 0 Å². The van der Waals surface area contributed by atoms with Crippen LogP contribution in [0, 0.1) is 22.6 Å². The van der Waals surface area contributed by atoms with Crippen molar-refractivity contribution in [1.29, 1.82) is 5.26 Å². The molecule has 0 unspecified atom stereocenters. The minimum atomic E-state index is -4.57. The van der Waals surface area contributed by atoms with Crippen molar-refractivity contribution in [3.63, 3.8) is 0 Å². The van der Waals surface area contributed by atoms with Crippen LogP contribution in [0.2, 0.25) is 0 Å². The van der Waals surface area contributed by atoms with Gasteiger partial charge in [0.25, 0.3) is 5.91 Å². The maximum absolute atomic E-state index is 13.7. The molecule has 0 bridgehead atoms. The van der Waals surface area contributed by atoms with Crippen LogP contribution in [0.5, 0.6) is 0 Å². The molecule has 0 aliphatic heterocycles. The Morgan fingerprint density at radius 2 is 1.82 bits per heavy atom. The van der Waals surface area contributed by atoms with E-state index in [1.165, 1.54) is 31.3 Å². The van der Waals surface area contributed by atoms with Crippen molar-refractivity contribution in [2.45, 2.75) is 26.4 Å². The number of alkyl halides is 3. The summed E-state index contributed by atoms with van der Waals surface area (Å²) in [5.41, 5.74) is -1.90. The van der Waals surface area contributed by atoms with Crippen LogP contribution in [0.3, 0.4) is 0 Å². The Kier molecular flexibility index (Phi) is 9.40. The van der Waals surface area contributed by atoms with Gasteiger partial charge in [0.2, 0.25) is 0 Å². The van der Waals surface area contributed by atoms with E-state index in [0.29, 0.717) is 5.56 Å². The fraction of sp³-hybridized carbons (Fsp3) is 0.273. The summed E-state index contributed by atoms with van der Waals surface area (Å²) in [6, 6.07) is 8.68. The van der Waals surface area contributed by atoms with E-state index in [1.807, 2.05) is 5.16 Å². The number of carbonyl (C=O) groups is 2. The summed E-state index contributed by atoms with van der Waals surface area (Å²) >= 11 is 4.27. The van der Waals surface area contributed by atoms with Crippen LogP contribution in [0.25, 0.3) is 0 Å². The number of carbonyl (C=O) groups excluding carboxylic acids is 1. The zero-order chi connectivity index (χ0) is 25.4. The van der Waals surface area contributed by atoms with Crippen LogP contribution in [-0.4, -0.2) is 29.2 Å². The molecule has 0 fully saturated rings. The number of hydrogen-bond acceptors (Lipinski definition) is 5. The van der Waals surface area contributed by atoms with Gasteiger partial charge in [-0.2, -0.15) is 23.4 Å². The average Bonchev–Trinajstić information content (AvgIpc) is 2.73. The lowest BCUT2D eigenvalue weighted by Gasteiger charge is -2.19. The van der Waals surface area contributed by atoms with E-state index in [9.17, 15) is 27.2 Å². The number of nitrogens with zero attached hydrogens (tertiary/aromatic N) is 2. The lowest BCUT2D eigenvalue weighted by atomic mass is 9.85. The minimum absolute atomic E-state index is 0.0244. The number of nitrogens with one attached hydrogen (secondary N) is 1. The molecule has 0 spiro atoms. The molecular weight excluding hydrogens is 462 g/mol. The molecule has 1 amide bonds. The molecule has 2 aromatic rings. The first-order chi connectivity index (χ1) is 15.3. The summed E-state index contributed by atoms with van der Waals surface area (Å²) in [7, 11) is 1.42. The molecule has 0 heterocycles. The molecule has 0 atom stereocenters. The van der Waals surface area contributed by atoms with Crippen molar-refractivity contribution < 1.29 is 32.3 Å². The van der Waals surface area contributed by atoms with Gasteiger partial charge in [-0.05, 0) is 68.4 Å². The molecule has 0 aromatic heterocycles. The summed E-state index contributed by atoms with van der Waals surface area (Å²) in [6.45, 7) is 3.14. The van der Waals surface area contributed by atoms with E-state index in [4.69, 9.17) is 10.4 Å². The number of rotatable bonds is 5. The van der Waals surface area contributed by atoms with E-state index >= 15 is 0 Å². The van der Waals surface area contributed by atoms with Crippen molar-refractivity contribution in [1.82, 2.24) is 5.32 Å². The fourth-order valence-corrected chi connectivity index (χ4v) is 2.67. The number of aliphatic imine (C=N–C) groups is 1. The second-order valence-electron chi connectivity index (χ2n) is 7.30. The maximum Gasteiger partial charge on any atom is 0.417 e. The topological polar surface area (TPSA) is 103 Å². The van der Waals surface area contributed by atoms with E-state index in [0.717, 1.165) is 12.1 Å². The van der Waals surface area contributed by atoms with Crippen LogP contribution in [0.1, 0.15) is 40.9 Å². The number of carboxylic acid groups (broad SMARTS) is 1. The highest BCUT2D eigenvalue weighted by atomic mass is 32.1. The number of amides is 1. The predicted molar refractivity (Wildman–Crippen MR) is 116 cm³/mol. The van der Waals surface area contributed by atoms with Gasteiger partial charge in [0, 0.05) is 7.05 Å². The number of thiocarbonyl (C=S) groups is 1. The van der Waals surface area contributed by atoms with Crippen molar-refractivity contribution >= 4 is 34.9 Å². The van der Waals surface area contributed by atoms with E-state index in [1.54, 1.807) is 19.9 Å². The predicted octanol–water partition coefficient (Wildman–Crippen LogP) is 5.15. The zero-order valence-electron chi connectivity index (χ0n) is 17.7. The fourth-order valence-electron chi connectivity index (χ4n) is 2.56. The van der Waals surface area contributed by atoms with Gasteiger partial charge < -0.3 is 10.4 Å². The third-order valence-corrected chi connectivity index (χ3v) is 4.43. The van der Waals surface area contributed by atoms with Gasteiger partial charge >= 0.3 is 12.1 Å². The quantitative estimate of drug-likeness (QED) is 0.349. The van der Waals surface area contributed by atoms with Crippen LogP contribution in [-0.2, 0) is 17.4 Å². The summed E-state index contributed by atoms with van der Waals surface area (Å²) in [5, 5.41) is 21.8. The number of isothiocyanates is 1. The number of halogens is 4. The van der Waals surface area contributed by atoms with Gasteiger partial charge in [-0.1, -0.05) is 6.07 Å². The molecule has 0 aliphatic rings. The highest BCUT2D eigenvalue weighted by Crippen LogP contribution is 2.34. The Morgan fingerprint density at radius 1 is 1.18 bits per heavy atom. The molecule has 11 heteroatoms. The first-order valence-corrected chi connectivity index (χ1v) is 9.60. The molecule has 0 radical (unpaired) electrons. The minimum Gasteiger partial charge on any atom is -0.481 e. The Labute approximate surface area is 192 Å². The second-order valence-corrected chi connectivity index (χ2v) is 7.48. The summed E-state index contributed by atoms with van der Waals surface area (Å²) in [6.07, 6.45) is -4.37. The average molecular weight is 481 g/mol. The SMILES string of the molecule is CNC(=O)c1ccc(CC(C)(C)C(=O)O)cc1F.N#Cc1ccc(N=C=S)cc1C(F)(F)F. The molecular formula is C22H19F4N3O3S. The van der Waals surface area contributed by atoms with Gasteiger partial charge in [-0.25, -0.2) is 4.39 Å². The number of hydrogen-bond donors (Lipinski definition) is 2. The largest absolute Gasteiger partial charge is 0.481 e. The van der Waals surface area contributed by atoms with Crippen LogP contribution in [0.4, 0.5) is 23.2 Å². The van der Waals surface area contributed by atoms with E-state index in [2.05, 4.69) is 22.5 Å². The van der Waals surface area contributed by atoms with Crippen LogP contribution in [0.15, 0.2) is 41.4 Å². The lowest BCUT2D eigenvalue weighted by molar-refractivity contribution is -0.146. The molecule has 174 valence electrons. The van der Waals surface area contributed by atoms with Gasteiger partial charge in [0.1, 0.15) is 5.82 Å². The standard InChI is InChI=1S/C13H16FNO3.C9H3F3N2S/c1-13(2,12(17)18)7-8-4-5-9(10(14)6-8)11(16)15-3;10-9(11,12)8-3-7(14-5-15)2-1-6(8)4-13/h4-6H,7H2,1-3H3,(H,15,16)(H,17,18);1-3H. The summed E-state index contributed by atoms with van der Waals surface area (Å²) in [4.78, 5) is 25.7. The highest BCUT2D eigenvalue weighted by Gasteiger charge is 2.33. The zero-order valence-corrected chi connectivity index (χ0v) is 18.6. The van der Waals surface area contributed by atoms with Gasteiger partial charge in [-0.3, -0.25) is 9.59 Å². The lowest BCUT2D eigenvalue weighted by Crippen LogP contribution is -2.26. The first kappa shape index (κ1) is 27.4. The van der Waals surface area contributed by atoms with Crippen molar-refractivity contribution in [3.05, 3.63) is 64.5 Å². The van der Waals surface area contributed by atoms with Gasteiger partial charge in [0.05, 0.1) is 39.0 Å². The molecule has 2 rings (SSSR count). The molecule has 6 nitrogen and oxygen atoms in total. The van der Waals surface area contributed by atoms with E-state index in [-0.39, 0.29) is 17.7 Å². The summed E-state index contributed by atoms with van der Waals surface area (Å²) in [5.74, 6) is -2.09. The molecule has 33 heavy (non-hydrogen) atoms. The molecule has 0 aliphatic carbocycles. The second kappa shape index (κ2) is 11.3. The van der Waals surface area contributed by atoms with Crippen molar-refractivity contribution in [2.24, 2.45) is 10.4 Å². The Hall–Kier alpha value is -3.61. The van der Waals surface area contributed by atoms with Crippen molar-refractivity contribution in [2.75, 3.05) is 7.05 Å². The monoisotopic (exact) mass is 481 g/mol.